The number of likely N-dealkylation sites (tertiary alicyclic amines) is 1. The third-order valence-corrected chi connectivity index (χ3v) is 4.87. The maximum absolute atomic E-state index is 12.5. The fourth-order valence-corrected chi connectivity index (χ4v) is 3.71. The van der Waals surface area contributed by atoms with E-state index in [0.29, 0.717) is 6.54 Å². The second-order valence-electron chi connectivity index (χ2n) is 5.59. The first kappa shape index (κ1) is 13.5. The van der Waals surface area contributed by atoms with Crippen LogP contribution < -0.4 is 0 Å². The van der Waals surface area contributed by atoms with Gasteiger partial charge in [-0.25, -0.2) is 0 Å². The summed E-state index contributed by atoms with van der Waals surface area (Å²) < 4.78 is 2.03. The van der Waals surface area contributed by atoms with Crippen molar-refractivity contribution in [1.29, 1.82) is 0 Å². The SMILES string of the molecule is O=C(c1ccsc1)N1CCC[C@@H](c2nnc3ccccn23)C1. The highest BCUT2D eigenvalue weighted by Crippen LogP contribution is 2.27. The Labute approximate surface area is 132 Å². The molecule has 0 N–H and O–H groups in total. The van der Waals surface area contributed by atoms with Crippen LogP contribution in [0.3, 0.4) is 0 Å². The predicted molar refractivity (Wildman–Crippen MR) is 85.2 cm³/mol. The highest BCUT2D eigenvalue weighted by Gasteiger charge is 2.28. The lowest BCUT2D eigenvalue weighted by atomic mass is 9.96. The second kappa shape index (κ2) is 5.53. The number of hydrogen-bond acceptors (Lipinski definition) is 4. The maximum Gasteiger partial charge on any atom is 0.254 e. The summed E-state index contributed by atoms with van der Waals surface area (Å²) in [7, 11) is 0. The van der Waals surface area contributed by atoms with Crippen LogP contribution in [0.25, 0.3) is 5.65 Å². The summed E-state index contributed by atoms with van der Waals surface area (Å²) in [5, 5.41) is 12.4. The minimum absolute atomic E-state index is 0.125. The van der Waals surface area contributed by atoms with Crippen LogP contribution in [0.15, 0.2) is 41.2 Å². The quantitative estimate of drug-likeness (QED) is 0.731. The number of fused-ring (bicyclic) bond motifs is 1. The first-order chi connectivity index (χ1) is 10.8. The van der Waals surface area contributed by atoms with Crippen LogP contribution in [0.4, 0.5) is 0 Å². The van der Waals surface area contributed by atoms with Crippen LogP contribution in [-0.2, 0) is 0 Å². The molecule has 112 valence electrons. The van der Waals surface area contributed by atoms with Crippen molar-refractivity contribution in [3.05, 3.63) is 52.6 Å². The number of nitrogens with zero attached hydrogens (tertiary/aromatic N) is 4. The molecule has 3 aromatic heterocycles. The number of aromatic nitrogens is 3. The monoisotopic (exact) mass is 312 g/mol. The predicted octanol–water partition coefficient (Wildman–Crippen LogP) is 2.81. The smallest absolute Gasteiger partial charge is 0.254 e. The number of carbonyl (C=O) groups is 1. The fraction of sp³-hybridized carbons (Fsp3) is 0.312. The van der Waals surface area contributed by atoms with Crippen molar-refractivity contribution in [2.24, 2.45) is 0 Å². The molecule has 1 atom stereocenters. The van der Waals surface area contributed by atoms with Gasteiger partial charge in [-0.15, -0.1) is 10.2 Å². The summed E-state index contributed by atoms with van der Waals surface area (Å²) in [5.41, 5.74) is 1.65. The lowest BCUT2D eigenvalue weighted by molar-refractivity contribution is 0.0704. The first-order valence-corrected chi connectivity index (χ1v) is 8.38. The summed E-state index contributed by atoms with van der Waals surface area (Å²) in [4.78, 5) is 14.5. The van der Waals surface area contributed by atoms with E-state index in [2.05, 4.69) is 10.2 Å². The molecule has 0 spiro atoms. The van der Waals surface area contributed by atoms with E-state index >= 15 is 0 Å². The van der Waals surface area contributed by atoms with E-state index in [1.165, 1.54) is 0 Å². The van der Waals surface area contributed by atoms with Gasteiger partial charge in [0.15, 0.2) is 5.65 Å². The minimum Gasteiger partial charge on any atom is -0.338 e. The van der Waals surface area contributed by atoms with Crippen molar-refractivity contribution in [3.63, 3.8) is 0 Å². The van der Waals surface area contributed by atoms with E-state index in [4.69, 9.17) is 0 Å². The molecule has 22 heavy (non-hydrogen) atoms. The molecule has 0 aliphatic carbocycles. The van der Waals surface area contributed by atoms with E-state index in [1.807, 2.05) is 50.5 Å². The van der Waals surface area contributed by atoms with Crippen molar-refractivity contribution in [3.8, 4) is 0 Å². The van der Waals surface area contributed by atoms with E-state index < -0.39 is 0 Å². The topological polar surface area (TPSA) is 50.5 Å². The zero-order valence-corrected chi connectivity index (χ0v) is 12.9. The molecule has 1 fully saturated rings. The van der Waals surface area contributed by atoms with Gasteiger partial charge in [-0.1, -0.05) is 6.07 Å². The molecule has 1 saturated heterocycles. The Morgan fingerprint density at radius 3 is 3.09 bits per heavy atom. The summed E-state index contributed by atoms with van der Waals surface area (Å²) in [6, 6.07) is 7.79. The number of carbonyl (C=O) groups excluding carboxylic acids is 1. The van der Waals surface area contributed by atoms with Gasteiger partial charge in [0.2, 0.25) is 0 Å². The van der Waals surface area contributed by atoms with Crippen molar-refractivity contribution < 1.29 is 4.79 Å². The van der Waals surface area contributed by atoms with Gasteiger partial charge in [0, 0.05) is 30.6 Å². The van der Waals surface area contributed by atoms with Crippen LogP contribution in [0.5, 0.6) is 0 Å². The number of piperidine rings is 1. The average Bonchev–Trinajstić information content (AvgIpc) is 3.24. The zero-order valence-electron chi connectivity index (χ0n) is 12.1. The molecule has 1 aliphatic rings. The molecule has 0 bridgehead atoms. The Morgan fingerprint density at radius 2 is 2.23 bits per heavy atom. The Balaban J connectivity index is 1.60. The third kappa shape index (κ3) is 2.29. The second-order valence-corrected chi connectivity index (χ2v) is 6.37. The van der Waals surface area contributed by atoms with Gasteiger partial charge in [0.25, 0.3) is 5.91 Å². The maximum atomic E-state index is 12.5. The molecule has 3 aromatic rings. The van der Waals surface area contributed by atoms with Gasteiger partial charge in [-0.3, -0.25) is 9.20 Å². The summed E-state index contributed by atoms with van der Waals surface area (Å²) in [6.45, 7) is 1.53. The van der Waals surface area contributed by atoms with Crippen molar-refractivity contribution >= 4 is 22.9 Å². The van der Waals surface area contributed by atoms with Gasteiger partial charge in [-0.05, 0) is 36.4 Å². The molecule has 6 heteroatoms. The van der Waals surface area contributed by atoms with Gasteiger partial charge < -0.3 is 4.90 Å². The van der Waals surface area contributed by atoms with Crippen molar-refractivity contribution in [2.75, 3.05) is 13.1 Å². The molecule has 0 radical (unpaired) electrons. The summed E-state index contributed by atoms with van der Waals surface area (Å²) in [6.07, 6.45) is 4.04. The number of thiophene rings is 1. The van der Waals surface area contributed by atoms with Crippen LogP contribution in [0.1, 0.15) is 34.9 Å². The molecule has 5 nitrogen and oxygen atoms in total. The zero-order chi connectivity index (χ0) is 14.9. The van der Waals surface area contributed by atoms with E-state index in [0.717, 1.165) is 36.4 Å². The normalized spacial score (nSPS) is 18.7. The molecule has 1 aliphatic heterocycles. The highest BCUT2D eigenvalue weighted by molar-refractivity contribution is 7.08. The van der Waals surface area contributed by atoms with Crippen molar-refractivity contribution in [1.82, 2.24) is 19.5 Å². The van der Waals surface area contributed by atoms with Gasteiger partial charge in [0.1, 0.15) is 5.82 Å². The van der Waals surface area contributed by atoms with E-state index in [9.17, 15) is 4.79 Å². The molecule has 4 rings (SSSR count). The summed E-state index contributed by atoms with van der Waals surface area (Å²) >= 11 is 1.56. The highest BCUT2D eigenvalue weighted by atomic mass is 32.1. The van der Waals surface area contributed by atoms with E-state index in [1.54, 1.807) is 11.3 Å². The molecule has 1 amide bonds. The molecule has 0 saturated carbocycles. The molecule has 0 aromatic carbocycles. The standard InChI is InChI=1S/C16H16N4OS/c21-16(13-6-9-22-11-13)19-7-3-4-12(10-19)15-18-17-14-5-1-2-8-20(14)15/h1-2,5-6,8-9,11-12H,3-4,7,10H2/t12-/m1/s1. The largest absolute Gasteiger partial charge is 0.338 e. The number of amides is 1. The van der Waals surface area contributed by atoms with Crippen LogP contribution in [0.2, 0.25) is 0 Å². The Morgan fingerprint density at radius 1 is 1.27 bits per heavy atom. The van der Waals surface area contributed by atoms with Crippen LogP contribution in [0, 0.1) is 0 Å². The van der Waals surface area contributed by atoms with Crippen LogP contribution >= 0.6 is 11.3 Å². The Hall–Kier alpha value is -2.21. The summed E-state index contributed by atoms with van der Waals surface area (Å²) in [5.74, 6) is 1.33. The van der Waals surface area contributed by atoms with Gasteiger partial charge in [-0.2, -0.15) is 11.3 Å². The first-order valence-electron chi connectivity index (χ1n) is 7.44. The Kier molecular flexibility index (Phi) is 3.38. The third-order valence-electron chi connectivity index (χ3n) is 4.18. The Bertz CT molecular complexity index is 795. The van der Waals surface area contributed by atoms with E-state index in [-0.39, 0.29) is 11.8 Å². The lowest BCUT2D eigenvalue weighted by Gasteiger charge is -2.31. The lowest BCUT2D eigenvalue weighted by Crippen LogP contribution is -2.39. The minimum atomic E-state index is 0.125. The van der Waals surface area contributed by atoms with Gasteiger partial charge >= 0.3 is 0 Å². The number of pyridine rings is 1. The molecular formula is C16H16N4OS. The fourth-order valence-electron chi connectivity index (χ4n) is 3.08. The molecule has 4 heterocycles. The average molecular weight is 312 g/mol. The molecule has 0 unspecified atom stereocenters. The van der Waals surface area contributed by atoms with Crippen molar-refractivity contribution in [2.45, 2.75) is 18.8 Å². The van der Waals surface area contributed by atoms with Gasteiger partial charge in [0.05, 0.1) is 5.56 Å². The number of hydrogen-bond donors (Lipinski definition) is 0. The van der Waals surface area contributed by atoms with Crippen LogP contribution in [-0.4, -0.2) is 38.5 Å². The molecular weight excluding hydrogens is 296 g/mol. The number of rotatable bonds is 2.